The highest BCUT2D eigenvalue weighted by molar-refractivity contribution is 9.10. The van der Waals surface area contributed by atoms with Gasteiger partial charge in [0, 0.05) is 10.9 Å². The number of amides is 1. The number of halogens is 2. The van der Waals surface area contributed by atoms with Crippen molar-refractivity contribution in [3.8, 4) is 5.75 Å². The van der Waals surface area contributed by atoms with Gasteiger partial charge in [-0.2, -0.15) is 0 Å². The van der Waals surface area contributed by atoms with E-state index >= 15 is 0 Å². The van der Waals surface area contributed by atoms with Crippen molar-refractivity contribution in [2.24, 2.45) is 4.99 Å². The van der Waals surface area contributed by atoms with Crippen LogP contribution in [0.25, 0.3) is 6.08 Å². The first-order valence-electron chi connectivity index (χ1n) is 10.6. The van der Waals surface area contributed by atoms with Gasteiger partial charge in [-0.15, -0.1) is 0 Å². The molecule has 1 aliphatic heterocycles. The summed E-state index contributed by atoms with van der Waals surface area (Å²) in [6.45, 7) is 4.02. The molecule has 0 saturated carbocycles. The number of esters is 1. The first kappa shape index (κ1) is 26.1. The summed E-state index contributed by atoms with van der Waals surface area (Å²) < 4.78 is 11.8. The second-order valence-electron chi connectivity index (χ2n) is 7.22. The summed E-state index contributed by atoms with van der Waals surface area (Å²) in [5.74, 6) is -0.853. The molecule has 0 aromatic heterocycles. The Hall–Kier alpha value is -2.55. The average Bonchev–Trinajstić information content (AvgIpc) is 3.09. The lowest BCUT2D eigenvalue weighted by atomic mass is 10.1. The van der Waals surface area contributed by atoms with E-state index in [4.69, 9.17) is 21.1 Å². The van der Waals surface area contributed by atoms with Crippen LogP contribution < -0.4 is 4.74 Å². The first-order valence-corrected chi connectivity index (χ1v) is 12.6. The van der Waals surface area contributed by atoms with Crippen LogP contribution in [0.15, 0.2) is 68.2 Å². The molecule has 2 aromatic rings. The lowest BCUT2D eigenvalue weighted by Crippen LogP contribution is -2.14. The molecule has 1 amide bonds. The summed E-state index contributed by atoms with van der Waals surface area (Å²) >= 11 is 10.8. The van der Waals surface area contributed by atoms with Crippen molar-refractivity contribution in [2.45, 2.75) is 33.3 Å². The van der Waals surface area contributed by atoms with Gasteiger partial charge in [-0.25, -0.2) is 9.79 Å². The van der Waals surface area contributed by atoms with E-state index in [0.717, 1.165) is 21.8 Å². The van der Waals surface area contributed by atoms with Gasteiger partial charge in [-0.1, -0.05) is 64.4 Å². The van der Waals surface area contributed by atoms with Crippen molar-refractivity contribution in [1.29, 1.82) is 0 Å². The van der Waals surface area contributed by atoms with Crippen LogP contribution in [-0.2, 0) is 20.9 Å². The minimum Gasteiger partial charge on any atom is -0.506 e. The SMILES string of the molecule is CCCC(=O)N=C1S/C(=C\c2ccc(OCc3ccc(Br)cc3)c(Cl)c2)C(O)=C1C(=O)OCC. The molecule has 1 aliphatic rings. The fourth-order valence-corrected chi connectivity index (χ4v) is 4.53. The molecule has 3 rings (SSSR count). The molecule has 1 N–H and O–H groups in total. The summed E-state index contributed by atoms with van der Waals surface area (Å²) in [6, 6.07) is 13.0. The lowest BCUT2D eigenvalue weighted by Gasteiger charge is -2.09. The van der Waals surface area contributed by atoms with Gasteiger partial charge in [0.2, 0.25) is 5.91 Å². The fraction of sp³-hybridized carbons (Fsp3) is 0.240. The number of nitrogens with zero attached hydrogens (tertiary/aromatic N) is 1. The number of hydrogen-bond donors (Lipinski definition) is 1. The third kappa shape index (κ3) is 6.74. The number of aliphatic imine (C=N–C) groups is 1. The third-order valence-electron chi connectivity index (χ3n) is 4.62. The van der Waals surface area contributed by atoms with E-state index in [9.17, 15) is 14.7 Å². The van der Waals surface area contributed by atoms with Crippen LogP contribution in [0.3, 0.4) is 0 Å². The van der Waals surface area contributed by atoms with Crippen LogP contribution in [0.2, 0.25) is 5.02 Å². The number of aliphatic hydroxyl groups excluding tert-OH is 1. The highest BCUT2D eigenvalue weighted by Gasteiger charge is 2.33. The van der Waals surface area contributed by atoms with E-state index in [2.05, 4.69) is 20.9 Å². The van der Waals surface area contributed by atoms with Crippen LogP contribution >= 0.6 is 39.3 Å². The zero-order chi connectivity index (χ0) is 24.7. The topological polar surface area (TPSA) is 85.2 Å². The largest absolute Gasteiger partial charge is 0.506 e. The number of hydrogen-bond acceptors (Lipinski definition) is 6. The van der Waals surface area contributed by atoms with Crippen LogP contribution in [0.1, 0.15) is 37.8 Å². The maximum Gasteiger partial charge on any atom is 0.344 e. The van der Waals surface area contributed by atoms with Gasteiger partial charge in [0.05, 0.1) is 16.5 Å². The molecular weight excluding hydrogens is 542 g/mol. The summed E-state index contributed by atoms with van der Waals surface area (Å²) in [7, 11) is 0. The maximum atomic E-state index is 12.4. The zero-order valence-corrected chi connectivity index (χ0v) is 21.8. The molecule has 9 heteroatoms. The number of benzene rings is 2. The standard InChI is InChI=1S/C25H23BrClNO5S/c1-3-5-21(29)28-24-22(25(31)32-4-2)23(30)20(34-24)13-16-8-11-19(18(27)12-16)33-14-15-6-9-17(26)10-7-15/h6-13,30H,3-5,14H2,1-2H3/b20-13-,28-24?. The second-order valence-corrected chi connectivity index (χ2v) is 9.57. The van der Waals surface area contributed by atoms with Gasteiger partial charge < -0.3 is 14.6 Å². The zero-order valence-electron chi connectivity index (χ0n) is 18.6. The molecule has 178 valence electrons. The van der Waals surface area contributed by atoms with Gasteiger partial charge in [0.25, 0.3) is 0 Å². The Morgan fingerprint density at radius 3 is 2.56 bits per heavy atom. The molecule has 6 nitrogen and oxygen atoms in total. The van der Waals surface area contributed by atoms with Gasteiger partial charge >= 0.3 is 5.97 Å². The van der Waals surface area contributed by atoms with Gasteiger partial charge in [-0.05, 0) is 54.8 Å². The molecule has 1 heterocycles. The van der Waals surface area contributed by atoms with Crippen LogP contribution in [0.5, 0.6) is 5.75 Å². The maximum absolute atomic E-state index is 12.4. The fourth-order valence-electron chi connectivity index (χ4n) is 2.99. The smallest absolute Gasteiger partial charge is 0.344 e. The van der Waals surface area contributed by atoms with Crippen molar-refractivity contribution in [1.82, 2.24) is 0 Å². The van der Waals surface area contributed by atoms with Crippen molar-refractivity contribution < 1.29 is 24.2 Å². The van der Waals surface area contributed by atoms with Crippen LogP contribution in [0.4, 0.5) is 0 Å². The number of rotatable bonds is 8. The molecule has 0 bridgehead atoms. The molecule has 0 spiro atoms. The summed E-state index contributed by atoms with van der Waals surface area (Å²) in [4.78, 5) is 28.8. The Morgan fingerprint density at radius 2 is 1.91 bits per heavy atom. The van der Waals surface area contributed by atoms with E-state index in [-0.39, 0.29) is 35.3 Å². The molecule has 34 heavy (non-hydrogen) atoms. The highest BCUT2D eigenvalue weighted by Crippen LogP contribution is 2.40. The predicted molar refractivity (Wildman–Crippen MR) is 139 cm³/mol. The van der Waals surface area contributed by atoms with Crippen molar-refractivity contribution >= 4 is 62.3 Å². The number of ether oxygens (including phenoxy) is 2. The molecule has 0 radical (unpaired) electrons. The Labute approximate surface area is 215 Å². The highest BCUT2D eigenvalue weighted by atomic mass is 79.9. The third-order valence-corrected chi connectivity index (χ3v) is 6.47. The van der Waals surface area contributed by atoms with E-state index in [1.54, 1.807) is 31.2 Å². The number of aliphatic hydroxyl groups is 1. The minimum atomic E-state index is -0.728. The number of carbonyl (C=O) groups is 2. The van der Waals surface area contributed by atoms with E-state index < -0.39 is 5.97 Å². The summed E-state index contributed by atoms with van der Waals surface area (Å²) in [5.41, 5.74) is 1.57. The molecule has 0 saturated heterocycles. The molecular formula is C25H23BrClNO5S. The van der Waals surface area contributed by atoms with E-state index in [0.29, 0.717) is 34.3 Å². The molecule has 0 atom stereocenters. The van der Waals surface area contributed by atoms with Crippen LogP contribution in [-0.4, -0.2) is 28.6 Å². The van der Waals surface area contributed by atoms with Gasteiger partial charge in [-0.3, -0.25) is 4.79 Å². The predicted octanol–water partition coefficient (Wildman–Crippen LogP) is 6.87. The average molecular weight is 565 g/mol. The normalized spacial score (nSPS) is 15.8. The van der Waals surface area contributed by atoms with E-state index in [1.165, 1.54) is 0 Å². The van der Waals surface area contributed by atoms with Crippen molar-refractivity contribution in [3.63, 3.8) is 0 Å². The molecule has 0 aliphatic carbocycles. The number of carbonyl (C=O) groups excluding carboxylic acids is 2. The molecule has 2 aromatic carbocycles. The van der Waals surface area contributed by atoms with E-state index in [1.807, 2.05) is 31.2 Å². The molecule has 0 unspecified atom stereocenters. The summed E-state index contributed by atoms with van der Waals surface area (Å²) in [5, 5.41) is 11.2. The summed E-state index contributed by atoms with van der Waals surface area (Å²) in [6.07, 6.45) is 2.54. The Bertz CT molecular complexity index is 1170. The van der Waals surface area contributed by atoms with Crippen molar-refractivity contribution in [2.75, 3.05) is 6.61 Å². The van der Waals surface area contributed by atoms with Crippen molar-refractivity contribution in [3.05, 3.63) is 79.3 Å². The monoisotopic (exact) mass is 563 g/mol. The van der Waals surface area contributed by atoms with Gasteiger partial charge in [0.1, 0.15) is 28.7 Å². The Balaban J connectivity index is 1.83. The van der Waals surface area contributed by atoms with Crippen LogP contribution in [0, 0.1) is 0 Å². The molecule has 0 fully saturated rings. The first-order chi connectivity index (χ1) is 16.3. The lowest BCUT2D eigenvalue weighted by molar-refractivity contribution is -0.138. The Morgan fingerprint density at radius 1 is 1.18 bits per heavy atom. The van der Waals surface area contributed by atoms with Gasteiger partial charge in [0.15, 0.2) is 0 Å². The second kappa shape index (κ2) is 12.2. The quantitative estimate of drug-likeness (QED) is 0.352. The minimum absolute atomic E-state index is 0.108. The number of thioether (sulfide) groups is 1. The Kier molecular flexibility index (Phi) is 9.38.